The summed E-state index contributed by atoms with van der Waals surface area (Å²) in [7, 11) is 0. The number of ketones is 1. The van der Waals surface area contributed by atoms with Crippen molar-refractivity contribution in [3.8, 4) is 0 Å². The fraction of sp³-hybridized carbons (Fsp3) is 0.471. The third kappa shape index (κ3) is 2.78. The maximum absolute atomic E-state index is 12.4. The van der Waals surface area contributed by atoms with Crippen LogP contribution in [-0.2, 0) is 0 Å². The molecular weight excluding hydrogens is 250 g/mol. The first kappa shape index (κ1) is 13.4. The second kappa shape index (κ2) is 5.41. The summed E-state index contributed by atoms with van der Waals surface area (Å²) in [5.74, 6) is 1.91. The zero-order valence-corrected chi connectivity index (χ0v) is 12.1. The molecule has 106 valence electrons. The molecule has 20 heavy (non-hydrogen) atoms. The normalized spacial score (nSPS) is 24.1. The number of nitrogens with zero attached hydrogens (tertiary/aromatic N) is 1. The number of fused-ring (bicyclic) bond motifs is 1. The van der Waals surface area contributed by atoms with Crippen molar-refractivity contribution in [2.24, 2.45) is 11.8 Å². The second-order valence-electron chi connectivity index (χ2n) is 6.21. The molecule has 0 spiro atoms. The Kier molecular flexibility index (Phi) is 3.62. The quantitative estimate of drug-likeness (QED) is 0.800. The van der Waals surface area contributed by atoms with Crippen molar-refractivity contribution in [2.45, 2.75) is 20.3 Å². The van der Waals surface area contributed by atoms with Crippen LogP contribution < -0.4 is 0 Å². The number of benzene rings is 1. The van der Waals surface area contributed by atoms with Gasteiger partial charge in [-0.05, 0) is 30.4 Å². The van der Waals surface area contributed by atoms with Gasteiger partial charge in [-0.1, -0.05) is 32.0 Å². The highest BCUT2D eigenvalue weighted by molar-refractivity contribution is 5.98. The third-order valence-electron chi connectivity index (χ3n) is 4.01. The van der Waals surface area contributed by atoms with Crippen LogP contribution in [0.5, 0.6) is 0 Å². The molecule has 2 atom stereocenters. The monoisotopic (exact) mass is 271 g/mol. The lowest BCUT2D eigenvalue weighted by atomic mass is 9.92. The number of carbonyl (C=O) groups excluding carboxylic acids is 1. The molecule has 1 fully saturated rings. The predicted molar refractivity (Wildman–Crippen MR) is 79.9 cm³/mol. The van der Waals surface area contributed by atoms with E-state index in [1.165, 1.54) is 6.42 Å². The van der Waals surface area contributed by atoms with Crippen molar-refractivity contribution in [2.75, 3.05) is 19.6 Å². The molecule has 0 amide bonds. The minimum atomic E-state index is 0.0856. The van der Waals surface area contributed by atoms with Gasteiger partial charge in [0.15, 0.2) is 5.76 Å². The molecule has 0 bridgehead atoms. The molecule has 3 rings (SSSR count). The van der Waals surface area contributed by atoms with Crippen LogP contribution in [-0.4, -0.2) is 30.3 Å². The number of hydrogen-bond donors (Lipinski definition) is 0. The summed E-state index contributed by atoms with van der Waals surface area (Å²) in [4.78, 5) is 14.6. The summed E-state index contributed by atoms with van der Waals surface area (Å²) in [6.45, 7) is 7.00. The predicted octanol–water partition coefficient (Wildman–Crippen LogP) is 3.59. The molecule has 0 saturated carbocycles. The molecule has 1 aliphatic rings. The lowest BCUT2D eigenvalue weighted by molar-refractivity contribution is 0.0825. The van der Waals surface area contributed by atoms with Gasteiger partial charge in [-0.2, -0.15) is 0 Å². The number of hydrogen-bond acceptors (Lipinski definition) is 3. The molecule has 2 unspecified atom stereocenters. The largest absolute Gasteiger partial charge is 0.453 e. The maximum atomic E-state index is 12.4. The first-order chi connectivity index (χ1) is 9.61. The van der Waals surface area contributed by atoms with E-state index in [1.807, 2.05) is 30.3 Å². The van der Waals surface area contributed by atoms with E-state index < -0.39 is 0 Å². The average Bonchev–Trinajstić information content (AvgIpc) is 2.81. The molecule has 0 aliphatic carbocycles. The summed E-state index contributed by atoms with van der Waals surface area (Å²) < 4.78 is 5.65. The van der Waals surface area contributed by atoms with Crippen molar-refractivity contribution < 1.29 is 9.21 Å². The Morgan fingerprint density at radius 3 is 2.65 bits per heavy atom. The fourth-order valence-corrected chi connectivity index (χ4v) is 3.32. The number of furan rings is 1. The highest BCUT2D eigenvalue weighted by atomic mass is 16.3. The van der Waals surface area contributed by atoms with E-state index in [9.17, 15) is 4.79 Å². The molecular formula is C17H21NO2. The van der Waals surface area contributed by atoms with Crippen molar-refractivity contribution >= 4 is 16.8 Å². The molecule has 3 nitrogen and oxygen atoms in total. The van der Waals surface area contributed by atoms with Gasteiger partial charge in [-0.3, -0.25) is 9.69 Å². The van der Waals surface area contributed by atoms with Crippen molar-refractivity contribution in [1.82, 2.24) is 4.90 Å². The highest BCUT2D eigenvalue weighted by Crippen LogP contribution is 2.23. The van der Waals surface area contributed by atoms with E-state index in [-0.39, 0.29) is 5.78 Å². The summed E-state index contributed by atoms with van der Waals surface area (Å²) in [6, 6.07) is 9.61. The van der Waals surface area contributed by atoms with E-state index >= 15 is 0 Å². The summed E-state index contributed by atoms with van der Waals surface area (Å²) >= 11 is 0. The van der Waals surface area contributed by atoms with Crippen LogP contribution in [0, 0.1) is 11.8 Å². The number of Topliss-reactive ketones (excluding diaryl/α,β-unsaturated/α-hetero) is 1. The molecule has 2 aromatic rings. The molecule has 0 N–H and O–H groups in total. The second-order valence-corrected chi connectivity index (χ2v) is 6.21. The summed E-state index contributed by atoms with van der Waals surface area (Å²) in [5, 5.41) is 0.997. The van der Waals surface area contributed by atoms with E-state index in [4.69, 9.17) is 4.42 Å². The molecule has 1 aromatic carbocycles. The Bertz CT molecular complexity index is 573. The maximum Gasteiger partial charge on any atom is 0.211 e. The number of carbonyl (C=O) groups is 1. The van der Waals surface area contributed by atoms with Gasteiger partial charge in [0.1, 0.15) is 5.58 Å². The highest BCUT2D eigenvalue weighted by Gasteiger charge is 2.24. The minimum absolute atomic E-state index is 0.0856. The van der Waals surface area contributed by atoms with Crippen LogP contribution in [0.3, 0.4) is 0 Å². The van der Waals surface area contributed by atoms with Gasteiger partial charge in [-0.15, -0.1) is 0 Å². The zero-order chi connectivity index (χ0) is 14.1. The fourth-order valence-electron chi connectivity index (χ4n) is 3.32. The van der Waals surface area contributed by atoms with E-state index in [0.29, 0.717) is 24.1 Å². The smallest absolute Gasteiger partial charge is 0.211 e. The minimum Gasteiger partial charge on any atom is -0.453 e. The van der Waals surface area contributed by atoms with Gasteiger partial charge >= 0.3 is 0 Å². The van der Waals surface area contributed by atoms with Gasteiger partial charge in [0, 0.05) is 18.5 Å². The standard InChI is InChI=1S/C17H21NO2/c1-12-7-13(2)10-18(9-12)11-15(19)17-8-14-5-3-4-6-16(14)20-17/h3-6,8,12-13H,7,9-11H2,1-2H3. The molecule has 3 heteroatoms. The Morgan fingerprint density at radius 1 is 1.25 bits per heavy atom. The van der Waals surface area contributed by atoms with Crippen LogP contribution >= 0.6 is 0 Å². The van der Waals surface area contributed by atoms with Gasteiger partial charge in [0.05, 0.1) is 6.54 Å². The lowest BCUT2D eigenvalue weighted by Crippen LogP contribution is -2.41. The zero-order valence-electron chi connectivity index (χ0n) is 12.1. The van der Waals surface area contributed by atoms with Crippen LogP contribution in [0.15, 0.2) is 34.7 Å². The van der Waals surface area contributed by atoms with Crippen LogP contribution in [0.25, 0.3) is 11.0 Å². The van der Waals surface area contributed by atoms with Gasteiger partial charge in [-0.25, -0.2) is 0 Å². The summed E-state index contributed by atoms with van der Waals surface area (Å²) in [6.07, 6.45) is 1.26. The van der Waals surface area contributed by atoms with Crippen LogP contribution in [0.2, 0.25) is 0 Å². The lowest BCUT2D eigenvalue weighted by Gasteiger charge is -2.34. The Morgan fingerprint density at radius 2 is 1.95 bits per heavy atom. The van der Waals surface area contributed by atoms with Crippen molar-refractivity contribution in [3.63, 3.8) is 0 Å². The van der Waals surface area contributed by atoms with E-state index in [0.717, 1.165) is 24.1 Å². The van der Waals surface area contributed by atoms with Gasteiger partial charge < -0.3 is 4.42 Å². The average molecular weight is 271 g/mol. The van der Waals surface area contributed by atoms with E-state index in [2.05, 4.69) is 18.7 Å². The number of piperidine rings is 1. The van der Waals surface area contributed by atoms with Gasteiger partial charge in [0.2, 0.25) is 5.78 Å². The topological polar surface area (TPSA) is 33.5 Å². The number of likely N-dealkylation sites (tertiary alicyclic amines) is 1. The Balaban J connectivity index is 1.72. The molecule has 0 radical (unpaired) electrons. The van der Waals surface area contributed by atoms with Crippen LogP contribution in [0.1, 0.15) is 30.8 Å². The van der Waals surface area contributed by atoms with E-state index in [1.54, 1.807) is 0 Å². The Labute approximate surface area is 119 Å². The third-order valence-corrected chi connectivity index (χ3v) is 4.01. The van der Waals surface area contributed by atoms with Gasteiger partial charge in [0.25, 0.3) is 0 Å². The molecule has 1 aromatic heterocycles. The number of rotatable bonds is 3. The first-order valence-corrected chi connectivity index (χ1v) is 7.36. The first-order valence-electron chi connectivity index (χ1n) is 7.36. The summed E-state index contributed by atoms with van der Waals surface area (Å²) in [5.41, 5.74) is 0.788. The Hall–Kier alpha value is -1.61. The number of para-hydroxylation sites is 1. The molecule has 2 heterocycles. The molecule has 1 aliphatic heterocycles. The SMILES string of the molecule is CC1CC(C)CN(CC(=O)c2cc3ccccc3o2)C1. The molecule has 1 saturated heterocycles. The van der Waals surface area contributed by atoms with Crippen molar-refractivity contribution in [1.29, 1.82) is 0 Å². The van der Waals surface area contributed by atoms with Crippen molar-refractivity contribution in [3.05, 3.63) is 36.1 Å². The van der Waals surface area contributed by atoms with Crippen LogP contribution in [0.4, 0.5) is 0 Å².